The monoisotopic (exact) mass is 309 g/mol. The Morgan fingerprint density at radius 1 is 1.35 bits per heavy atom. The van der Waals surface area contributed by atoms with Gasteiger partial charge in [0.25, 0.3) is 0 Å². The average molecular weight is 309 g/mol. The zero-order valence-electron chi connectivity index (χ0n) is 12.7. The van der Waals surface area contributed by atoms with Crippen LogP contribution < -0.4 is 16.7 Å². The van der Waals surface area contributed by atoms with E-state index in [4.69, 9.17) is 10.3 Å². The van der Waals surface area contributed by atoms with Crippen LogP contribution in [0.1, 0.15) is 18.2 Å². The Labute approximate surface area is 131 Å². The minimum absolute atomic E-state index is 0.111. The zero-order chi connectivity index (χ0) is 16.4. The molecule has 0 unspecified atom stereocenters. The van der Waals surface area contributed by atoms with Crippen LogP contribution in [-0.2, 0) is 0 Å². The molecular formula is C16H15N5O2. The normalized spacial score (nSPS) is 12.3. The SMILES string of the molecule is CC(=NNC=NN)c1cc2c(=O)c3ccccc3oc2nc1C. The number of pyridine rings is 1. The Kier molecular flexibility index (Phi) is 3.76. The second kappa shape index (κ2) is 5.88. The molecule has 0 saturated carbocycles. The van der Waals surface area contributed by atoms with E-state index in [0.717, 1.165) is 5.56 Å². The van der Waals surface area contributed by atoms with Crippen molar-refractivity contribution < 1.29 is 4.42 Å². The van der Waals surface area contributed by atoms with Crippen molar-refractivity contribution in [2.45, 2.75) is 13.8 Å². The van der Waals surface area contributed by atoms with Gasteiger partial charge in [0.05, 0.1) is 22.2 Å². The molecule has 3 rings (SSSR count). The third-order valence-corrected chi connectivity index (χ3v) is 3.52. The molecule has 7 nitrogen and oxygen atoms in total. The lowest BCUT2D eigenvalue weighted by Gasteiger charge is -2.07. The van der Waals surface area contributed by atoms with E-state index >= 15 is 0 Å². The summed E-state index contributed by atoms with van der Waals surface area (Å²) in [5.74, 6) is 5.00. The fourth-order valence-electron chi connectivity index (χ4n) is 2.40. The maximum atomic E-state index is 12.6. The van der Waals surface area contributed by atoms with Crippen LogP contribution in [-0.4, -0.2) is 17.0 Å². The van der Waals surface area contributed by atoms with E-state index in [1.807, 2.05) is 13.0 Å². The molecular weight excluding hydrogens is 294 g/mol. The van der Waals surface area contributed by atoms with E-state index in [0.29, 0.717) is 33.5 Å². The summed E-state index contributed by atoms with van der Waals surface area (Å²) < 4.78 is 5.74. The van der Waals surface area contributed by atoms with Crippen molar-refractivity contribution >= 4 is 34.1 Å². The largest absolute Gasteiger partial charge is 0.437 e. The number of rotatable bonds is 3. The zero-order valence-corrected chi connectivity index (χ0v) is 12.7. The van der Waals surface area contributed by atoms with E-state index in [1.54, 1.807) is 31.2 Å². The highest BCUT2D eigenvalue weighted by Crippen LogP contribution is 2.19. The third kappa shape index (κ3) is 2.64. The van der Waals surface area contributed by atoms with Crippen molar-refractivity contribution in [2.75, 3.05) is 0 Å². The van der Waals surface area contributed by atoms with E-state index in [9.17, 15) is 4.79 Å². The Morgan fingerprint density at radius 3 is 2.91 bits per heavy atom. The highest BCUT2D eigenvalue weighted by Gasteiger charge is 2.13. The van der Waals surface area contributed by atoms with E-state index in [2.05, 4.69) is 20.6 Å². The van der Waals surface area contributed by atoms with Crippen LogP contribution in [0.25, 0.3) is 22.1 Å². The van der Waals surface area contributed by atoms with Crippen LogP contribution in [0.2, 0.25) is 0 Å². The molecule has 2 heterocycles. The van der Waals surface area contributed by atoms with Gasteiger partial charge in [0, 0.05) is 5.56 Å². The third-order valence-electron chi connectivity index (χ3n) is 3.52. The van der Waals surface area contributed by atoms with Gasteiger partial charge in [-0.3, -0.25) is 10.2 Å². The van der Waals surface area contributed by atoms with Crippen LogP contribution in [0.4, 0.5) is 0 Å². The second-order valence-corrected chi connectivity index (χ2v) is 5.01. The molecule has 3 N–H and O–H groups in total. The van der Waals surface area contributed by atoms with Gasteiger partial charge in [-0.05, 0) is 32.0 Å². The smallest absolute Gasteiger partial charge is 0.230 e. The fourth-order valence-corrected chi connectivity index (χ4v) is 2.40. The molecule has 0 spiro atoms. The predicted molar refractivity (Wildman–Crippen MR) is 90.5 cm³/mol. The van der Waals surface area contributed by atoms with Gasteiger partial charge in [-0.2, -0.15) is 10.2 Å². The number of aromatic nitrogens is 1. The number of hydrazone groups is 2. The molecule has 0 saturated heterocycles. The number of nitrogens with zero attached hydrogens (tertiary/aromatic N) is 3. The lowest BCUT2D eigenvalue weighted by atomic mass is 10.1. The van der Waals surface area contributed by atoms with Crippen LogP contribution in [0, 0.1) is 6.92 Å². The Morgan fingerprint density at radius 2 is 2.13 bits per heavy atom. The molecule has 23 heavy (non-hydrogen) atoms. The molecule has 0 bridgehead atoms. The number of benzene rings is 1. The maximum Gasteiger partial charge on any atom is 0.230 e. The summed E-state index contributed by atoms with van der Waals surface area (Å²) >= 11 is 0. The molecule has 0 radical (unpaired) electrons. The summed E-state index contributed by atoms with van der Waals surface area (Å²) in [6, 6.07) is 8.86. The average Bonchev–Trinajstić information content (AvgIpc) is 2.54. The van der Waals surface area contributed by atoms with Crippen molar-refractivity contribution in [1.29, 1.82) is 0 Å². The minimum Gasteiger partial charge on any atom is -0.437 e. The Balaban J connectivity index is 2.24. The molecule has 0 aliphatic carbocycles. The second-order valence-electron chi connectivity index (χ2n) is 5.01. The number of para-hydroxylation sites is 1. The van der Waals surface area contributed by atoms with Crippen LogP contribution in [0.5, 0.6) is 0 Å². The van der Waals surface area contributed by atoms with E-state index in [1.165, 1.54) is 6.34 Å². The first-order chi connectivity index (χ1) is 11.1. The van der Waals surface area contributed by atoms with Crippen molar-refractivity contribution in [3.8, 4) is 0 Å². The van der Waals surface area contributed by atoms with Gasteiger partial charge in [-0.1, -0.05) is 12.1 Å². The fraction of sp³-hybridized carbons (Fsp3) is 0.125. The summed E-state index contributed by atoms with van der Waals surface area (Å²) in [7, 11) is 0. The van der Waals surface area contributed by atoms with Crippen LogP contribution in [0.3, 0.4) is 0 Å². The standard InChI is InChI=1S/C16H15N5O2/c1-9-12(10(2)21-19-8-18-17)7-13-15(22)11-5-3-4-6-14(11)23-16(13)20-9/h3-8H,17H2,1-2H3,(H,18,19). The van der Waals surface area contributed by atoms with Crippen molar-refractivity contribution in [1.82, 2.24) is 10.4 Å². The van der Waals surface area contributed by atoms with E-state index in [-0.39, 0.29) is 5.43 Å². The van der Waals surface area contributed by atoms with Crippen LogP contribution >= 0.6 is 0 Å². The number of aryl methyl sites for hydroxylation is 1. The highest BCUT2D eigenvalue weighted by molar-refractivity contribution is 6.02. The van der Waals surface area contributed by atoms with Crippen molar-refractivity contribution in [3.05, 3.63) is 51.8 Å². The summed E-state index contributed by atoms with van der Waals surface area (Å²) in [5, 5.41) is 8.36. The Hall–Kier alpha value is -3.22. The number of hydrogen-bond acceptors (Lipinski definition) is 6. The minimum atomic E-state index is -0.111. The van der Waals surface area contributed by atoms with Gasteiger partial charge in [0.15, 0.2) is 0 Å². The molecule has 116 valence electrons. The number of nitrogens with two attached hydrogens (primary N) is 1. The molecule has 0 amide bonds. The molecule has 2 aromatic heterocycles. The van der Waals surface area contributed by atoms with Gasteiger partial charge in [0.1, 0.15) is 11.9 Å². The van der Waals surface area contributed by atoms with Gasteiger partial charge < -0.3 is 10.3 Å². The molecule has 1 aromatic carbocycles. The highest BCUT2D eigenvalue weighted by atomic mass is 16.3. The number of hydrogen-bond donors (Lipinski definition) is 2. The van der Waals surface area contributed by atoms with Gasteiger partial charge in [-0.15, -0.1) is 0 Å². The predicted octanol–water partition coefficient (Wildman–Crippen LogP) is 1.87. The lowest BCUT2D eigenvalue weighted by molar-refractivity contribution is 0.643. The number of fused-ring (bicyclic) bond motifs is 2. The summed E-state index contributed by atoms with van der Waals surface area (Å²) in [5.41, 5.74) is 5.44. The first-order valence-corrected chi connectivity index (χ1v) is 6.97. The van der Waals surface area contributed by atoms with Crippen molar-refractivity contribution in [3.63, 3.8) is 0 Å². The topological polar surface area (TPSA) is 106 Å². The van der Waals surface area contributed by atoms with Crippen molar-refractivity contribution in [2.24, 2.45) is 16.0 Å². The molecule has 0 atom stereocenters. The summed E-state index contributed by atoms with van der Waals surface area (Å²) in [4.78, 5) is 17.0. The molecule has 7 heteroatoms. The maximum absolute atomic E-state index is 12.6. The van der Waals surface area contributed by atoms with Gasteiger partial charge in [0.2, 0.25) is 11.1 Å². The first kappa shape index (κ1) is 14.7. The molecule has 3 aromatic rings. The summed E-state index contributed by atoms with van der Waals surface area (Å²) in [6.07, 6.45) is 1.26. The van der Waals surface area contributed by atoms with Gasteiger partial charge >= 0.3 is 0 Å². The number of nitrogens with one attached hydrogen (secondary N) is 1. The first-order valence-electron chi connectivity index (χ1n) is 6.97. The molecule has 0 fully saturated rings. The Bertz CT molecular complexity index is 1000. The van der Waals surface area contributed by atoms with Gasteiger partial charge in [-0.25, -0.2) is 4.98 Å². The van der Waals surface area contributed by atoms with Crippen LogP contribution in [0.15, 0.2) is 49.7 Å². The molecule has 0 aliphatic heterocycles. The van der Waals surface area contributed by atoms with E-state index < -0.39 is 0 Å². The lowest BCUT2D eigenvalue weighted by Crippen LogP contribution is -2.11. The quantitative estimate of drug-likeness (QED) is 0.252. The summed E-state index contributed by atoms with van der Waals surface area (Å²) in [6.45, 7) is 3.63. The molecule has 0 aliphatic rings.